The highest BCUT2D eigenvalue weighted by Gasteiger charge is 2.18. The molecule has 8 heteroatoms. The highest BCUT2D eigenvalue weighted by Crippen LogP contribution is 2.25. The van der Waals surface area contributed by atoms with E-state index in [1.807, 2.05) is 30.3 Å². The van der Waals surface area contributed by atoms with Gasteiger partial charge in [-0.2, -0.15) is 0 Å². The van der Waals surface area contributed by atoms with Gasteiger partial charge in [-0.05, 0) is 25.1 Å². The molecule has 0 aliphatic heterocycles. The molecule has 27 heavy (non-hydrogen) atoms. The van der Waals surface area contributed by atoms with Gasteiger partial charge in [-0.3, -0.25) is 14.9 Å². The number of nitrogens with one attached hydrogen (secondary N) is 2. The van der Waals surface area contributed by atoms with E-state index in [9.17, 15) is 9.59 Å². The summed E-state index contributed by atoms with van der Waals surface area (Å²) in [5.74, 6) is -0.164. The molecule has 1 atom stereocenters. The normalized spacial score (nSPS) is 11.5. The Bertz CT molecular complexity index is 943. The molecule has 138 valence electrons. The summed E-state index contributed by atoms with van der Waals surface area (Å²) in [7, 11) is 1.53. The predicted octanol–water partition coefficient (Wildman–Crippen LogP) is 2.97. The molecule has 0 saturated heterocycles. The average molecular weight is 382 g/mol. The van der Waals surface area contributed by atoms with Gasteiger partial charge in [-0.1, -0.05) is 47.7 Å². The Balaban J connectivity index is 1.61. The molecule has 3 aromatic rings. The Morgan fingerprint density at radius 1 is 1.07 bits per heavy atom. The van der Waals surface area contributed by atoms with Crippen LogP contribution in [-0.2, 0) is 4.79 Å². The first-order chi connectivity index (χ1) is 13.1. The van der Waals surface area contributed by atoms with E-state index in [1.165, 1.54) is 18.4 Å². The number of benzene rings is 2. The lowest BCUT2D eigenvalue weighted by molar-refractivity contribution is -0.117. The highest BCUT2D eigenvalue weighted by molar-refractivity contribution is 7.18. The Hall–Kier alpha value is -3.26. The molecule has 0 saturated carbocycles. The smallest absolute Gasteiger partial charge is 0.252 e. The van der Waals surface area contributed by atoms with E-state index in [4.69, 9.17) is 4.74 Å². The van der Waals surface area contributed by atoms with Gasteiger partial charge in [0.1, 0.15) is 16.8 Å². The molecule has 0 radical (unpaired) electrons. The molecule has 2 amide bonds. The average Bonchev–Trinajstić information content (AvgIpc) is 3.17. The molecule has 7 nitrogen and oxygen atoms in total. The van der Waals surface area contributed by atoms with Crippen LogP contribution < -0.4 is 15.4 Å². The number of methoxy groups -OCH3 is 1. The zero-order chi connectivity index (χ0) is 19.2. The number of ether oxygens (including phenoxy) is 1. The molecular weight excluding hydrogens is 364 g/mol. The second kappa shape index (κ2) is 8.41. The Morgan fingerprint density at radius 2 is 1.85 bits per heavy atom. The summed E-state index contributed by atoms with van der Waals surface area (Å²) in [4.78, 5) is 24.6. The lowest BCUT2D eigenvalue weighted by Gasteiger charge is -2.13. The predicted molar refractivity (Wildman–Crippen MR) is 104 cm³/mol. The summed E-state index contributed by atoms with van der Waals surface area (Å²) in [6, 6.07) is 15.5. The van der Waals surface area contributed by atoms with E-state index in [2.05, 4.69) is 20.8 Å². The van der Waals surface area contributed by atoms with Crippen LogP contribution >= 0.6 is 11.3 Å². The number of hydrogen-bond acceptors (Lipinski definition) is 6. The number of aromatic nitrogens is 2. The Labute approximate surface area is 160 Å². The van der Waals surface area contributed by atoms with E-state index >= 15 is 0 Å². The number of anilines is 1. The lowest BCUT2D eigenvalue weighted by Crippen LogP contribution is -2.41. The van der Waals surface area contributed by atoms with E-state index in [0.717, 1.165) is 5.56 Å². The molecule has 3 rings (SSSR count). The van der Waals surface area contributed by atoms with E-state index < -0.39 is 6.04 Å². The first-order valence-electron chi connectivity index (χ1n) is 8.21. The summed E-state index contributed by atoms with van der Waals surface area (Å²) in [6.07, 6.45) is 0. The SMILES string of the molecule is COc1cccc(C(=O)NC(C)C(=O)Nc2nnc(-c3ccccc3)s2)c1. The molecule has 0 aliphatic rings. The van der Waals surface area contributed by atoms with Crippen molar-refractivity contribution in [1.29, 1.82) is 0 Å². The van der Waals surface area contributed by atoms with Crippen LogP contribution in [-0.4, -0.2) is 35.2 Å². The molecular formula is C19H18N4O3S. The minimum atomic E-state index is -0.743. The number of hydrogen-bond donors (Lipinski definition) is 2. The van der Waals surface area contributed by atoms with Crippen molar-refractivity contribution in [2.45, 2.75) is 13.0 Å². The fourth-order valence-electron chi connectivity index (χ4n) is 2.29. The maximum absolute atomic E-state index is 12.3. The zero-order valence-corrected chi connectivity index (χ0v) is 15.6. The second-order valence-corrected chi connectivity index (χ2v) is 6.67. The molecule has 1 aromatic heterocycles. The van der Waals surface area contributed by atoms with Crippen LogP contribution in [0, 0.1) is 0 Å². The summed E-state index contributed by atoms with van der Waals surface area (Å²) in [5, 5.41) is 14.5. The van der Waals surface area contributed by atoms with Gasteiger partial charge in [0, 0.05) is 11.1 Å². The molecule has 0 fully saturated rings. The molecule has 1 heterocycles. The Morgan fingerprint density at radius 3 is 2.59 bits per heavy atom. The van der Waals surface area contributed by atoms with Crippen molar-refractivity contribution in [2.75, 3.05) is 12.4 Å². The molecule has 0 bridgehead atoms. The van der Waals surface area contributed by atoms with Gasteiger partial charge in [0.05, 0.1) is 7.11 Å². The monoisotopic (exact) mass is 382 g/mol. The minimum Gasteiger partial charge on any atom is -0.497 e. The van der Waals surface area contributed by atoms with E-state index in [-0.39, 0.29) is 11.8 Å². The maximum Gasteiger partial charge on any atom is 0.252 e. The highest BCUT2D eigenvalue weighted by atomic mass is 32.1. The number of rotatable bonds is 6. The Kier molecular flexibility index (Phi) is 5.77. The number of carbonyl (C=O) groups excluding carboxylic acids is 2. The van der Waals surface area contributed by atoms with E-state index in [0.29, 0.717) is 21.5 Å². The van der Waals surface area contributed by atoms with Crippen molar-refractivity contribution < 1.29 is 14.3 Å². The summed E-state index contributed by atoms with van der Waals surface area (Å²) >= 11 is 1.27. The molecule has 0 spiro atoms. The van der Waals surface area contributed by atoms with Gasteiger partial charge in [-0.25, -0.2) is 0 Å². The van der Waals surface area contributed by atoms with Crippen LogP contribution in [0.5, 0.6) is 5.75 Å². The van der Waals surface area contributed by atoms with Crippen molar-refractivity contribution in [2.24, 2.45) is 0 Å². The van der Waals surface area contributed by atoms with Crippen molar-refractivity contribution >= 4 is 28.3 Å². The maximum atomic E-state index is 12.3. The van der Waals surface area contributed by atoms with Gasteiger partial charge >= 0.3 is 0 Å². The molecule has 0 aliphatic carbocycles. The molecule has 2 N–H and O–H groups in total. The van der Waals surface area contributed by atoms with Crippen molar-refractivity contribution in [1.82, 2.24) is 15.5 Å². The molecule has 1 unspecified atom stereocenters. The third kappa shape index (κ3) is 4.68. The number of nitrogens with zero attached hydrogens (tertiary/aromatic N) is 2. The van der Waals surface area contributed by atoms with Gasteiger partial charge < -0.3 is 10.1 Å². The van der Waals surface area contributed by atoms with E-state index in [1.54, 1.807) is 31.2 Å². The third-order valence-corrected chi connectivity index (χ3v) is 4.64. The number of carbonyl (C=O) groups is 2. The largest absolute Gasteiger partial charge is 0.497 e. The standard InChI is InChI=1S/C19H18N4O3S/c1-12(20-17(25)14-9-6-10-15(11-14)26-2)16(24)21-19-23-22-18(27-19)13-7-4-3-5-8-13/h3-12H,1-2H3,(H,20,25)(H,21,23,24). The van der Waals surface area contributed by atoms with Crippen LogP contribution in [0.15, 0.2) is 54.6 Å². The van der Waals surface area contributed by atoms with Gasteiger partial charge in [0.15, 0.2) is 0 Å². The van der Waals surface area contributed by atoms with Crippen LogP contribution in [0.1, 0.15) is 17.3 Å². The first-order valence-corrected chi connectivity index (χ1v) is 9.03. The first kappa shape index (κ1) is 18.5. The summed E-state index contributed by atoms with van der Waals surface area (Å²) < 4.78 is 5.10. The molecule has 2 aromatic carbocycles. The third-order valence-electron chi connectivity index (χ3n) is 3.75. The second-order valence-electron chi connectivity index (χ2n) is 5.69. The fraction of sp³-hybridized carbons (Fsp3) is 0.158. The summed E-state index contributed by atoms with van der Waals surface area (Å²) in [6.45, 7) is 1.60. The topological polar surface area (TPSA) is 93.2 Å². The minimum absolute atomic E-state index is 0.362. The van der Waals surface area contributed by atoms with Gasteiger partial charge in [0.25, 0.3) is 5.91 Å². The fourth-order valence-corrected chi connectivity index (χ4v) is 3.05. The van der Waals surface area contributed by atoms with Crippen LogP contribution in [0.2, 0.25) is 0 Å². The van der Waals surface area contributed by atoms with Crippen molar-refractivity contribution in [3.63, 3.8) is 0 Å². The van der Waals surface area contributed by atoms with Gasteiger partial charge in [-0.15, -0.1) is 10.2 Å². The van der Waals surface area contributed by atoms with Crippen LogP contribution in [0.25, 0.3) is 10.6 Å². The van der Waals surface area contributed by atoms with Crippen molar-refractivity contribution in [3.8, 4) is 16.3 Å². The zero-order valence-electron chi connectivity index (χ0n) is 14.8. The quantitative estimate of drug-likeness (QED) is 0.684. The number of amides is 2. The van der Waals surface area contributed by atoms with Crippen molar-refractivity contribution in [3.05, 3.63) is 60.2 Å². The lowest BCUT2D eigenvalue weighted by atomic mass is 10.2. The van der Waals surface area contributed by atoms with Crippen LogP contribution in [0.4, 0.5) is 5.13 Å². The summed E-state index contributed by atoms with van der Waals surface area (Å²) in [5.41, 5.74) is 1.34. The van der Waals surface area contributed by atoms with Gasteiger partial charge in [0.2, 0.25) is 11.0 Å². The van der Waals surface area contributed by atoms with Crippen LogP contribution in [0.3, 0.4) is 0 Å².